The first kappa shape index (κ1) is 18.1. The maximum atomic E-state index is 13.8. The smallest absolute Gasteiger partial charge is 0.257 e. The molecule has 6 heteroatoms. The first-order valence-corrected chi connectivity index (χ1v) is 9.55. The van der Waals surface area contributed by atoms with Gasteiger partial charge in [0, 0.05) is 28.6 Å². The Balaban J connectivity index is 1.49. The maximum absolute atomic E-state index is 13.8. The van der Waals surface area contributed by atoms with E-state index in [1.54, 1.807) is 36.5 Å². The average molecular weight is 392 g/mol. The molecular formula is C22H17FN2O2S. The van der Waals surface area contributed by atoms with Crippen molar-refractivity contribution < 1.29 is 13.9 Å². The van der Waals surface area contributed by atoms with Crippen molar-refractivity contribution in [2.75, 3.05) is 5.32 Å². The van der Waals surface area contributed by atoms with Crippen LogP contribution in [0, 0.1) is 12.7 Å². The minimum absolute atomic E-state index is 0.246. The van der Waals surface area contributed by atoms with E-state index >= 15 is 0 Å². The summed E-state index contributed by atoms with van der Waals surface area (Å²) in [6.07, 6.45) is 7.00. The number of hydrogen-bond donors (Lipinski definition) is 1. The van der Waals surface area contributed by atoms with E-state index < -0.39 is 0 Å². The molecular weight excluding hydrogens is 375 g/mol. The Bertz CT molecular complexity index is 1100. The largest absolute Gasteiger partial charge is 0.464 e. The summed E-state index contributed by atoms with van der Waals surface area (Å²) in [5, 5.41) is 3.27. The van der Waals surface area contributed by atoms with Crippen LogP contribution in [-0.2, 0) is 11.2 Å². The second kappa shape index (κ2) is 7.78. The highest BCUT2D eigenvalue weighted by Crippen LogP contribution is 2.27. The van der Waals surface area contributed by atoms with Crippen LogP contribution in [0.2, 0.25) is 0 Å². The molecule has 1 aromatic heterocycles. The van der Waals surface area contributed by atoms with E-state index in [9.17, 15) is 9.18 Å². The molecule has 2 aromatic carbocycles. The van der Waals surface area contributed by atoms with E-state index in [-0.39, 0.29) is 11.7 Å². The van der Waals surface area contributed by atoms with Crippen molar-refractivity contribution in [3.8, 4) is 5.75 Å². The van der Waals surface area contributed by atoms with Crippen LogP contribution in [0.15, 0.2) is 66.6 Å². The number of aryl methyl sites for hydroxylation is 1. The SMILES string of the molecule is Cc1ccc2c(c1)OC=CC(C(=O)Nc1ncc(Cc3ccccc3F)s1)=C2. The lowest BCUT2D eigenvalue weighted by Crippen LogP contribution is -2.12. The van der Waals surface area contributed by atoms with Gasteiger partial charge < -0.3 is 4.74 Å². The molecule has 0 fully saturated rings. The lowest BCUT2D eigenvalue weighted by atomic mass is 10.1. The molecule has 4 rings (SSSR count). The van der Waals surface area contributed by atoms with E-state index in [1.807, 2.05) is 25.1 Å². The van der Waals surface area contributed by atoms with Crippen molar-refractivity contribution in [2.24, 2.45) is 0 Å². The zero-order valence-corrected chi connectivity index (χ0v) is 15.9. The third-order valence-electron chi connectivity index (χ3n) is 4.28. The molecule has 0 spiro atoms. The van der Waals surface area contributed by atoms with Crippen LogP contribution < -0.4 is 10.1 Å². The summed E-state index contributed by atoms with van der Waals surface area (Å²) in [5.74, 6) is 0.185. The van der Waals surface area contributed by atoms with Gasteiger partial charge in [-0.1, -0.05) is 30.3 Å². The Morgan fingerprint density at radius 1 is 1.25 bits per heavy atom. The summed E-state index contributed by atoms with van der Waals surface area (Å²) in [4.78, 5) is 17.7. The van der Waals surface area contributed by atoms with Gasteiger partial charge in [-0.15, -0.1) is 11.3 Å². The third-order valence-corrected chi connectivity index (χ3v) is 5.19. The van der Waals surface area contributed by atoms with Gasteiger partial charge in [0.15, 0.2) is 5.13 Å². The van der Waals surface area contributed by atoms with Gasteiger partial charge in [-0.3, -0.25) is 10.1 Å². The van der Waals surface area contributed by atoms with Crippen molar-refractivity contribution in [1.82, 2.24) is 4.98 Å². The number of hydrogen-bond acceptors (Lipinski definition) is 4. The summed E-state index contributed by atoms with van der Waals surface area (Å²) < 4.78 is 19.4. The first-order valence-electron chi connectivity index (χ1n) is 8.73. The van der Waals surface area contributed by atoms with E-state index in [1.165, 1.54) is 23.7 Å². The highest BCUT2D eigenvalue weighted by molar-refractivity contribution is 7.15. The number of rotatable bonds is 4. The Kier molecular flexibility index (Phi) is 5.04. The molecule has 140 valence electrons. The van der Waals surface area contributed by atoms with Crippen molar-refractivity contribution in [1.29, 1.82) is 0 Å². The minimum atomic E-state index is -0.278. The van der Waals surface area contributed by atoms with E-state index in [0.717, 1.165) is 16.0 Å². The number of nitrogens with zero attached hydrogens (tertiary/aromatic N) is 1. The second-order valence-corrected chi connectivity index (χ2v) is 7.53. The lowest BCUT2D eigenvalue weighted by molar-refractivity contribution is -0.112. The van der Waals surface area contributed by atoms with Crippen LogP contribution in [0.4, 0.5) is 9.52 Å². The first-order chi connectivity index (χ1) is 13.6. The molecule has 0 unspecified atom stereocenters. The van der Waals surface area contributed by atoms with Gasteiger partial charge in [-0.05, 0) is 42.3 Å². The fourth-order valence-corrected chi connectivity index (χ4v) is 3.68. The van der Waals surface area contributed by atoms with Gasteiger partial charge in [0.05, 0.1) is 6.26 Å². The molecule has 0 saturated heterocycles. The van der Waals surface area contributed by atoms with E-state index in [2.05, 4.69) is 10.3 Å². The highest BCUT2D eigenvalue weighted by Gasteiger charge is 2.14. The minimum Gasteiger partial charge on any atom is -0.464 e. The Labute approximate surface area is 166 Å². The van der Waals surface area contributed by atoms with Crippen LogP contribution in [-0.4, -0.2) is 10.9 Å². The number of fused-ring (bicyclic) bond motifs is 1. The number of nitrogens with one attached hydrogen (secondary N) is 1. The van der Waals surface area contributed by atoms with Crippen molar-refractivity contribution in [3.63, 3.8) is 0 Å². The molecule has 4 nitrogen and oxygen atoms in total. The van der Waals surface area contributed by atoms with Crippen LogP contribution >= 0.6 is 11.3 Å². The summed E-state index contributed by atoms with van der Waals surface area (Å²) in [7, 11) is 0. The molecule has 0 atom stereocenters. The average Bonchev–Trinajstić information content (AvgIpc) is 2.99. The third kappa shape index (κ3) is 4.02. The predicted octanol–water partition coefficient (Wildman–Crippen LogP) is 5.11. The standard InChI is InChI=1S/C22H17FN2O2S/c1-14-6-7-16-11-17(8-9-27-20(16)10-14)21(26)25-22-24-13-18(28-22)12-15-4-2-3-5-19(15)23/h2-11,13H,12H2,1H3,(H,24,25,26). The number of ether oxygens (including phenoxy) is 1. The van der Waals surface area contributed by atoms with Crippen molar-refractivity contribution >= 4 is 28.5 Å². The number of aromatic nitrogens is 1. The fourth-order valence-electron chi connectivity index (χ4n) is 2.85. The van der Waals surface area contributed by atoms with E-state index in [0.29, 0.717) is 28.4 Å². The van der Waals surface area contributed by atoms with Gasteiger partial charge in [0.1, 0.15) is 11.6 Å². The molecule has 3 aromatic rings. The quantitative estimate of drug-likeness (QED) is 0.671. The number of thiazole rings is 1. The van der Waals surface area contributed by atoms with Crippen LogP contribution in [0.1, 0.15) is 21.6 Å². The van der Waals surface area contributed by atoms with Crippen molar-refractivity contribution in [3.05, 3.63) is 94.0 Å². The zero-order valence-electron chi connectivity index (χ0n) is 15.1. The number of amides is 1. The predicted molar refractivity (Wildman–Crippen MR) is 109 cm³/mol. The molecule has 1 amide bonds. The summed E-state index contributed by atoms with van der Waals surface area (Å²) in [6.45, 7) is 1.98. The summed E-state index contributed by atoms with van der Waals surface area (Å²) >= 11 is 1.33. The number of carbonyl (C=O) groups is 1. The molecule has 0 aliphatic carbocycles. The van der Waals surface area contributed by atoms with Gasteiger partial charge in [0.2, 0.25) is 0 Å². The van der Waals surface area contributed by atoms with Gasteiger partial charge >= 0.3 is 0 Å². The zero-order chi connectivity index (χ0) is 19.5. The molecule has 0 radical (unpaired) electrons. The number of benzene rings is 2. The Morgan fingerprint density at radius 2 is 2.11 bits per heavy atom. The lowest BCUT2D eigenvalue weighted by Gasteiger charge is -2.04. The van der Waals surface area contributed by atoms with Crippen LogP contribution in [0.5, 0.6) is 5.75 Å². The highest BCUT2D eigenvalue weighted by atomic mass is 32.1. The van der Waals surface area contributed by atoms with Gasteiger partial charge in [0.25, 0.3) is 5.91 Å². The molecule has 1 aliphatic heterocycles. The monoisotopic (exact) mass is 392 g/mol. The number of carbonyl (C=O) groups excluding carboxylic acids is 1. The topological polar surface area (TPSA) is 51.2 Å². The fraction of sp³-hybridized carbons (Fsp3) is 0.0909. The molecule has 2 heterocycles. The number of halogens is 1. The molecule has 1 aliphatic rings. The maximum Gasteiger partial charge on any atom is 0.257 e. The van der Waals surface area contributed by atoms with Crippen LogP contribution in [0.3, 0.4) is 0 Å². The van der Waals surface area contributed by atoms with Gasteiger partial charge in [-0.2, -0.15) is 0 Å². The molecule has 0 bridgehead atoms. The molecule has 0 saturated carbocycles. The van der Waals surface area contributed by atoms with Gasteiger partial charge in [-0.25, -0.2) is 9.37 Å². The summed E-state index contributed by atoms with van der Waals surface area (Å²) in [6, 6.07) is 12.4. The Hall–Kier alpha value is -3.25. The van der Waals surface area contributed by atoms with E-state index in [4.69, 9.17) is 4.74 Å². The Morgan fingerprint density at radius 3 is 2.96 bits per heavy atom. The molecule has 28 heavy (non-hydrogen) atoms. The van der Waals surface area contributed by atoms with Crippen molar-refractivity contribution in [2.45, 2.75) is 13.3 Å². The molecule has 1 N–H and O–H groups in total. The summed E-state index contributed by atoms with van der Waals surface area (Å²) in [5.41, 5.74) is 2.98. The van der Waals surface area contributed by atoms with Crippen LogP contribution in [0.25, 0.3) is 6.08 Å². The number of anilines is 1. The normalized spacial score (nSPS) is 12.6. The second-order valence-electron chi connectivity index (χ2n) is 6.42.